The summed E-state index contributed by atoms with van der Waals surface area (Å²) in [6.45, 7) is 1.24. The number of ether oxygens (including phenoxy) is 2. The maximum absolute atomic E-state index is 12.9. The fourth-order valence-electron chi connectivity index (χ4n) is 4.36. The number of hydrogen-bond acceptors (Lipinski definition) is 7. The number of nitriles is 1. The van der Waals surface area contributed by atoms with E-state index in [4.69, 9.17) is 14.7 Å². The van der Waals surface area contributed by atoms with Gasteiger partial charge in [0.25, 0.3) is 5.91 Å². The lowest BCUT2D eigenvalue weighted by atomic mass is 10.0. The number of hydrogen-bond donors (Lipinski definition) is 1. The Labute approximate surface area is 202 Å². The van der Waals surface area contributed by atoms with Crippen LogP contribution in [0.3, 0.4) is 0 Å². The third-order valence-corrected chi connectivity index (χ3v) is 6.25. The number of piperidine rings is 1. The first-order valence-corrected chi connectivity index (χ1v) is 11.4. The first kappa shape index (κ1) is 22.4. The quantitative estimate of drug-likeness (QED) is 0.585. The monoisotopic (exact) mass is 472 g/mol. The molecule has 2 aromatic heterocycles. The molecule has 35 heavy (non-hydrogen) atoms. The zero-order valence-electron chi connectivity index (χ0n) is 19.2. The number of nitrogens with one attached hydrogen (secondary N) is 1. The lowest BCUT2D eigenvalue weighted by Gasteiger charge is -2.32. The van der Waals surface area contributed by atoms with E-state index >= 15 is 0 Å². The normalized spacial score (nSPS) is 19.0. The molecule has 0 aliphatic carbocycles. The molecule has 0 unspecified atom stereocenters. The van der Waals surface area contributed by atoms with E-state index in [1.54, 1.807) is 52.3 Å². The van der Waals surface area contributed by atoms with Crippen LogP contribution in [-0.4, -0.2) is 57.0 Å². The second kappa shape index (κ2) is 9.46. The van der Waals surface area contributed by atoms with Gasteiger partial charge >= 0.3 is 6.09 Å². The summed E-state index contributed by atoms with van der Waals surface area (Å²) >= 11 is 0. The van der Waals surface area contributed by atoms with Crippen molar-refractivity contribution >= 4 is 12.0 Å². The van der Waals surface area contributed by atoms with Gasteiger partial charge in [0, 0.05) is 62.6 Å². The van der Waals surface area contributed by atoms with Crippen LogP contribution in [0.15, 0.2) is 48.9 Å². The van der Waals surface area contributed by atoms with Crippen LogP contribution in [0.5, 0.6) is 5.75 Å². The van der Waals surface area contributed by atoms with Crippen LogP contribution >= 0.6 is 0 Å². The third-order valence-electron chi connectivity index (χ3n) is 6.25. The lowest BCUT2D eigenvalue weighted by molar-refractivity contribution is 0.0915. The molecule has 2 aliphatic rings. The highest BCUT2D eigenvalue weighted by atomic mass is 16.6. The Balaban J connectivity index is 1.34. The van der Waals surface area contributed by atoms with Gasteiger partial charge in [-0.15, -0.1) is 0 Å². The molecule has 10 nitrogen and oxygen atoms in total. The van der Waals surface area contributed by atoms with E-state index in [2.05, 4.69) is 21.5 Å². The molecule has 178 valence electrons. The minimum Gasteiger partial charge on any atom is -0.489 e. The summed E-state index contributed by atoms with van der Waals surface area (Å²) in [7, 11) is 1.83. The predicted octanol–water partition coefficient (Wildman–Crippen LogP) is 2.65. The Hall–Kier alpha value is -4.39. The van der Waals surface area contributed by atoms with Crippen LogP contribution in [0.4, 0.5) is 4.79 Å². The number of aryl methyl sites for hydroxylation is 1. The minimum absolute atomic E-state index is 0.000111. The van der Waals surface area contributed by atoms with Gasteiger partial charge in [0.2, 0.25) is 0 Å². The highest BCUT2D eigenvalue weighted by Crippen LogP contribution is 2.33. The number of amides is 2. The second-order valence-corrected chi connectivity index (χ2v) is 8.65. The number of carbonyl (C=O) groups excluding carboxylic acids is 2. The summed E-state index contributed by atoms with van der Waals surface area (Å²) in [5, 5.41) is 16.0. The van der Waals surface area contributed by atoms with Gasteiger partial charge in [-0.05, 0) is 17.7 Å². The lowest BCUT2D eigenvalue weighted by Crippen LogP contribution is -2.44. The number of fused-ring (bicyclic) bond motifs is 1. The van der Waals surface area contributed by atoms with Crippen LogP contribution in [-0.2, 0) is 18.3 Å². The Morgan fingerprint density at radius 1 is 1.31 bits per heavy atom. The molecule has 0 saturated carbocycles. The van der Waals surface area contributed by atoms with Crippen LogP contribution in [0.25, 0.3) is 11.1 Å². The van der Waals surface area contributed by atoms with Crippen molar-refractivity contribution in [1.29, 1.82) is 5.26 Å². The highest BCUT2D eigenvalue weighted by molar-refractivity contribution is 5.93. The number of benzene rings is 1. The minimum atomic E-state index is -0.332. The zero-order chi connectivity index (χ0) is 24.4. The summed E-state index contributed by atoms with van der Waals surface area (Å²) in [6, 6.07) is 10.8. The summed E-state index contributed by atoms with van der Waals surface area (Å²) < 4.78 is 13.2. The summed E-state index contributed by atoms with van der Waals surface area (Å²) in [4.78, 5) is 30.8. The highest BCUT2D eigenvalue weighted by Gasteiger charge is 2.39. The summed E-state index contributed by atoms with van der Waals surface area (Å²) in [5.74, 6) is 0.210. The smallest absolute Gasteiger partial charge is 0.410 e. The van der Waals surface area contributed by atoms with Gasteiger partial charge in [0.05, 0.1) is 23.9 Å². The van der Waals surface area contributed by atoms with E-state index in [0.717, 1.165) is 16.7 Å². The van der Waals surface area contributed by atoms with Gasteiger partial charge in [-0.3, -0.25) is 14.5 Å². The Morgan fingerprint density at radius 3 is 2.89 bits per heavy atom. The van der Waals surface area contributed by atoms with Crippen molar-refractivity contribution < 1.29 is 19.1 Å². The maximum atomic E-state index is 12.9. The van der Waals surface area contributed by atoms with E-state index in [1.807, 2.05) is 13.2 Å². The molecule has 10 heteroatoms. The van der Waals surface area contributed by atoms with Crippen molar-refractivity contribution in [3.8, 4) is 22.9 Å². The first-order chi connectivity index (χ1) is 17.0. The Morgan fingerprint density at radius 2 is 2.14 bits per heavy atom. The maximum Gasteiger partial charge on any atom is 0.410 e. The average Bonchev–Trinajstić information content (AvgIpc) is 3.48. The number of nitrogens with zero attached hydrogens (tertiary/aromatic N) is 5. The number of carbonyl (C=O) groups is 2. The molecule has 2 atom stereocenters. The van der Waals surface area contributed by atoms with Crippen molar-refractivity contribution in [3.05, 3.63) is 65.7 Å². The van der Waals surface area contributed by atoms with Crippen molar-refractivity contribution in [2.75, 3.05) is 13.2 Å². The van der Waals surface area contributed by atoms with E-state index in [9.17, 15) is 9.59 Å². The number of aromatic nitrogens is 3. The van der Waals surface area contributed by atoms with Crippen LogP contribution in [0.2, 0.25) is 0 Å². The largest absolute Gasteiger partial charge is 0.489 e. The topological polar surface area (TPSA) is 122 Å². The molecule has 2 saturated heterocycles. The van der Waals surface area contributed by atoms with Crippen molar-refractivity contribution in [1.82, 2.24) is 25.0 Å². The third kappa shape index (κ3) is 4.80. The summed E-state index contributed by atoms with van der Waals surface area (Å²) in [5.41, 5.74) is 3.24. The summed E-state index contributed by atoms with van der Waals surface area (Å²) in [6.07, 6.45) is 6.14. The van der Waals surface area contributed by atoms with Crippen molar-refractivity contribution in [2.45, 2.75) is 31.5 Å². The van der Waals surface area contributed by atoms with Gasteiger partial charge in [0.15, 0.2) is 0 Å². The molecule has 2 amide bonds. The molecule has 5 rings (SSSR count). The van der Waals surface area contributed by atoms with E-state index in [-0.39, 0.29) is 29.8 Å². The van der Waals surface area contributed by atoms with Crippen molar-refractivity contribution in [2.24, 2.45) is 7.05 Å². The second-order valence-electron chi connectivity index (χ2n) is 8.65. The molecular formula is C25H24N6O4. The van der Waals surface area contributed by atoms with Crippen molar-refractivity contribution in [3.63, 3.8) is 0 Å². The molecule has 1 aromatic carbocycles. The zero-order valence-corrected chi connectivity index (χ0v) is 19.2. The van der Waals surface area contributed by atoms with Gasteiger partial charge in [-0.2, -0.15) is 10.4 Å². The number of rotatable bonds is 6. The molecule has 0 bridgehead atoms. The molecule has 4 heterocycles. The fraction of sp³-hybridized carbons (Fsp3) is 0.320. The molecule has 2 fully saturated rings. The molecule has 0 spiro atoms. The van der Waals surface area contributed by atoms with Crippen LogP contribution < -0.4 is 10.1 Å². The molecule has 0 radical (unpaired) electrons. The van der Waals surface area contributed by atoms with Gasteiger partial charge in [-0.25, -0.2) is 4.79 Å². The van der Waals surface area contributed by atoms with Crippen LogP contribution in [0.1, 0.15) is 34.5 Å². The number of pyridine rings is 1. The average molecular weight is 473 g/mol. The number of cyclic esters (lactones) is 1. The Kier molecular flexibility index (Phi) is 6.06. The molecule has 3 aromatic rings. The van der Waals surface area contributed by atoms with E-state index < -0.39 is 0 Å². The van der Waals surface area contributed by atoms with E-state index in [0.29, 0.717) is 43.9 Å². The Bertz CT molecular complexity index is 1300. The standard InChI is InChI=1S/C25H24N6O4/c1-30-14-18(12-29-30)21-13-27-22(24(32)28-11-17-4-2-16(10-26)3-5-17)9-23(21)35-20-6-7-31-19(8-20)15-34-25(31)33/h2-5,9,12-14,19-20H,6-8,11,15H2,1H3,(H,28,32)/t19-,20-/m0/s1. The van der Waals surface area contributed by atoms with Gasteiger partial charge in [-0.1, -0.05) is 12.1 Å². The van der Waals surface area contributed by atoms with Gasteiger partial charge < -0.3 is 19.7 Å². The molecular weight excluding hydrogens is 448 g/mol. The predicted molar refractivity (Wildman–Crippen MR) is 124 cm³/mol. The molecule has 2 aliphatic heterocycles. The van der Waals surface area contributed by atoms with Gasteiger partial charge in [0.1, 0.15) is 24.2 Å². The fourth-order valence-corrected chi connectivity index (χ4v) is 4.36. The SMILES string of the molecule is Cn1cc(-c2cnc(C(=O)NCc3ccc(C#N)cc3)cc2O[C@H]2CCN3C(=O)OC[C@@H]3C2)cn1. The van der Waals surface area contributed by atoms with Crippen LogP contribution in [0, 0.1) is 11.3 Å². The molecule has 1 N–H and O–H groups in total. The van der Waals surface area contributed by atoms with E-state index in [1.165, 1.54) is 0 Å². The first-order valence-electron chi connectivity index (χ1n) is 11.4.